The van der Waals surface area contributed by atoms with Crippen LogP contribution in [0, 0.1) is 13.8 Å². The fourth-order valence-corrected chi connectivity index (χ4v) is 4.67. The zero-order chi connectivity index (χ0) is 21.8. The molecule has 4 aromatic carbocycles. The standard InChI is InChI=1S/C28H22O2S/c1-19-17-18-24(27(30)22-13-7-4-8-14-22)28(20(19)2)31-25-16-10-9-15-23(25)26(29)21-11-5-3-6-12-21/h3-18H,1-2H3. The third-order valence-electron chi connectivity index (χ3n) is 5.34. The van der Waals surface area contributed by atoms with Crippen molar-refractivity contribution >= 4 is 23.3 Å². The van der Waals surface area contributed by atoms with E-state index in [0.717, 1.165) is 20.9 Å². The molecule has 0 atom stereocenters. The summed E-state index contributed by atoms with van der Waals surface area (Å²) in [7, 11) is 0. The quantitative estimate of drug-likeness (QED) is 0.316. The number of rotatable bonds is 6. The lowest BCUT2D eigenvalue weighted by atomic mass is 9.99. The highest BCUT2D eigenvalue weighted by atomic mass is 32.2. The van der Waals surface area contributed by atoms with Gasteiger partial charge in [-0.25, -0.2) is 0 Å². The topological polar surface area (TPSA) is 34.1 Å². The van der Waals surface area contributed by atoms with Gasteiger partial charge in [-0.3, -0.25) is 9.59 Å². The summed E-state index contributed by atoms with van der Waals surface area (Å²) in [4.78, 5) is 28.2. The van der Waals surface area contributed by atoms with Gasteiger partial charge in [-0.1, -0.05) is 90.6 Å². The fourth-order valence-electron chi connectivity index (χ4n) is 3.44. The molecule has 31 heavy (non-hydrogen) atoms. The second-order valence-electron chi connectivity index (χ2n) is 7.37. The fraction of sp³-hybridized carbons (Fsp3) is 0.0714. The molecule has 0 unspecified atom stereocenters. The van der Waals surface area contributed by atoms with E-state index < -0.39 is 0 Å². The molecule has 0 aliphatic rings. The van der Waals surface area contributed by atoms with Gasteiger partial charge >= 0.3 is 0 Å². The summed E-state index contributed by atoms with van der Waals surface area (Å²) in [5.41, 5.74) is 4.75. The third-order valence-corrected chi connectivity index (χ3v) is 6.64. The Hall–Kier alpha value is -3.43. The molecule has 2 nitrogen and oxygen atoms in total. The van der Waals surface area contributed by atoms with Crippen molar-refractivity contribution in [1.82, 2.24) is 0 Å². The van der Waals surface area contributed by atoms with Crippen molar-refractivity contribution in [3.8, 4) is 0 Å². The Balaban J connectivity index is 1.78. The number of hydrogen-bond donors (Lipinski definition) is 0. The van der Waals surface area contributed by atoms with Crippen molar-refractivity contribution in [2.24, 2.45) is 0 Å². The molecular formula is C28H22O2S. The monoisotopic (exact) mass is 422 g/mol. The smallest absolute Gasteiger partial charge is 0.194 e. The molecule has 152 valence electrons. The van der Waals surface area contributed by atoms with E-state index in [9.17, 15) is 9.59 Å². The Kier molecular flexibility index (Phi) is 6.15. The Bertz CT molecular complexity index is 1240. The summed E-state index contributed by atoms with van der Waals surface area (Å²) in [6.45, 7) is 4.07. The molecule has 0 amide bonds. The maximum absolute atomic E-state index is 13.3. The summed E-state index contributed by atoms with van der Waals surface area (Å²) in [6.07, 6.45) is 0. The van der Waals surface area contributed by atoms with Crippen LogP contribution in [-0.2, 0) is 0 Å². The third kappa shape index (κ3) is 4.37. The second kappa shape index (κ2) is 9.15. The summed E-state index contributed by atoms with van der Waals surface area (Å²) in [5.74, 6) is -0.0389. The number of aryl methyl sites for hydroxylation is 1. The lowest BCUT2D eigenvalue weighted by molar-refractivity contribution is 0.102. The molecule has 0 aliphatic carbocycles. The van der Waals surface area contributed by atoms with E-state index in [1.54, 1.807) is 0 Å². The Labute approximate surface area is 187 Å². The molecule has 0 spiro atoms. The minimum absolute atomic E-state index is 0.0157. The number of hydrogen-bond acceptors (Lipinski definition) is 3. The van der Waals surface area contributed by atoms with Crippen LogP contribution in [0.4, 0.5) is 0 Å². The molecule has 0 saturated heterocycles. The Morgan fingerprint density at radius 1 is 0.581 bits per heavy atom. The van der Waals surface area contributed by atoms with Crippen molar-refractivity contribution < 1.29 is 9.59 Å². The minimum Gasteiger partial charge on any atom is -0.289 e. The van der Waals surface area contributed by atoms with Gasteiger partial charge in [-0.2, -0.15) is 0 Å². The average molecular weight is 423 g/mol. The molecule has 0 fully saturated rings. The summed E-state index contributed by atoms with van der Waals surface area (Å²) >= 11 is 1.49. The van der Waals surface area contributed by atoms with E-state index in [-0.39, 0.29) is 11.6 Å². The number of benzene rings is 4. The first-order chi connectivity index (χ1) is 15.1. The van der Waals surface area contributed by atoms with E-state index in [0.29, 0.717) is 22.3 Å². The van der Waals surface area contributed by atoms with Gasteiger partial charge in [0.1, 0.15) is 0 Å². The van der Waals surface area contributed by atoms with Crippen molar-refractivity contribution in [3.05, 3.63) is 130 Å². The minimum atomic E-state index is -0.0232. The van der Waals surface area contributed by atoms with Gasteiger partial charge in [0.15, 0.2) is 11.6 Å². The molecule has 4 aromatic rings. The highest BCUT2D eigenvalue weighted by Crippen LogP contribution is 2.38. The molecule has 0 bridgehead atoms. The molecule has 3 heteroatoms. The van der Waals surface area contributed by atoms with Gasteiger partial charge in [-0.05, 0) is 43.2 Å². The first kappa shape index (κ1) is 20.8. The summed E-state index contributed by atoms with van der Waals surface area (Å²) < 4.78 is 0. The maximum atomic E-state index is 13.3. The largest absolute Gasteiger partial charge is 0.289 e. The van der Waals surface area contributed by atoms with Gasteiger partial charge in [0, 0.05) is 32.0 Å². The zero-order valence-electron chi connectivity index (χ0n) is 17.5. The highest BCUT2D eigenvalue weighted by Gasteiger charge is 2.20. The van der Waals surface area contributed by atoms with Gasteiger partial charge < -0.3 is 0 Å². The van der Waals surface area contributed by atoms with E-state index in [1.807, 2.05) is 111 Å². The predicted molar refractivity (Wildman–Crippen MR) is 126 cm³/mol. The Morgan fingerprint density at radius 2 is 1.10 bits per heavy atom. The van der Waals surface area contributed by atoms with Gasteiger partial charge in [0.25, 0.3) is 0 Å². The zero-order valence-corrected chi connectivity index (χ0v) is 18.3. The van der Waals surface area contributed by atoms with Crippen molar-refractivity contribution in [3.63, 3.8) is 0 Å². The number of carbonyl (C=O) groups excluding carboxylic acids is 2. The van der Waals surface area contributed by atoms with Crippen LogP contribution in [0.15, 0.2) is 107 Å². The van der Waals surface area contributed by atoms with Crippen molar-refractivity contribution in [2.75, 3.05) is 0 Å². The molecule has 0 N–H and O–H groups in total. The molecule has 0 saturated carbocycles. The van der Waals surface area contributed by atoms with Crippen LogP contribution in [0.3, 0.4) is 0 Å². The first-order valence-corrected chi connectivity index (χ1v) is 10.9. The maximum Gasteiger partial charge on any atom is 0.194 e. The number of ketones is 2. The lowest BCUT2D eigenvalue weighted by Crippen LogP contribution is -2.06. The van der Waals surface area contributed by atoms with E-state index in [1.165, 1.54) is 11.8 Å². The van der Waals surface area contributed by atoms with Gasteiger partial charge in [0.05, 0.1) is 0 Å². The van der Waals surface area contributed by atoms with Crippen LogP contribution < -0.4 is 0 Å². The van der Waals surface area contributed by atoms with E-state index in [4.69, 9.17) is 0 Å². The van der Waals surface area contributed by atoms with Crippen LogP contribution in [-0.4, -0.2) is 11.6 Å². The molecule has 0 aromatic heterocycles. The van der Waals surface area contributed by atoms with E-state index >= 15 is 0 Å². The first-order valence-electron chi connectivity index (χ1n) is 10.1. The van der Waals surface area contributed by atoms with E-state index in [2.05, 4.69) is 0 Å². The molecule has 0 radical (unpaired) electrons. The van der Waals surface area contributed by atoms with Crippen LogP contribution in [0.5, 0.6) is 0 Å². The second-order valence-corrected chi connectivity index (χ2v) is 8.42. The Morgan fingerprint density at radius 3 is 1.71 bits per heavy atom. The highest BCUT2D eigenvalue weighted by molar-refractivity contribution is 7.99. The predicted octanol–water partition coefficient (Wildman–Crippen LogP) is 6.92. The van der Waals surface area contributed by atoms with Gasteiger partial charge in [-0.15, -0.1) is 0 Å². The van der Waals surface area contributed by atoms with Crippen LogP contribution in [0.1, 0.15) is 43.0 Å². The van der Waals surface area contributed by atoms with Crippen LogP contribution >= 0.6 is 11.8 Å². The van der Waals surface area contributed by atoms with Crippen molar-refractivity contribution in [1.29, 1.82) is 0 Å². The van der Waals surface area contributed by atoms with Crippen LogP contribution in [0.2, 0.25) is 0 Å². The van der Waals surface area contributed by atoms with Gasteiger partial charge in [0.2, 0.25) is 0 Å². The summed E-state index contributed by atoms with van der Waals surface area (Å²) in [6, 6.07) is 30.0. The molecule has 4 rings (SSSR count). The summed E-state index contributed by atoms with van der Waals surface area (Å²) in [5, 5.41) is 0. The lowest BCUT2D eigenvalue weighted by Gasteiger charge is -2.16. The van der Waals surface area contributed by atoms with Crippen LogP contribution in [0.25, 0.3) is 0 Å². The average Bonchev–Trinajstić information content (AvgIpc) is 2.83. The molecule has 0 aliphatic heterocycles. The van der Waals surface area contributed by atoms with Crippen molar-refractivity contribution in [2.45, 2.75) is 23.6 Å². The molecule has 0 heterocycles. The number of carbonyl (C=O) groups is 2. The molecular weight excluding hydrogens is 400 g/mol. The normalized spacial score (nSPS) is 10.6. The SMILES string of the molecule is Cc1ccc(C(=O)c2ccccc2)c(Sc2ccccc2C(=O)c2ccccc2)c1C.